The number of phenols is 1. The lowest BCUT2D eigenvalue weighted by Crippen LogP contribution is -2.31. The Kier molecular flexibility index (Phi) is 5.95. The molecule has 0 aliphatic carbocycles. The van der Waals surface area contributed by atoms with E-state index in [0.29, 0.717) is 36.5 Å². The van der Waals surface area contributed by atoms with E-state index in [1.165, 1.54) is 0 Å². The first-order valence-corrected chi connectivity index (χ1v) is 10.6. The average molecular weight is 421 g/mol. The summed E-state index contributed by atoms with van der Waals surface area (Å²) in [4.78, 5) is 15.0. The molecule has 7 nitrogen and oxygen atoms in total. The summed E-state index contributed by atoms with van der Waals surface area (Å²) < 4.78 is 5.81. The number of aryl methyl sites for hydroxylation is 1. The number of amides is 1. The molecule has 0 saturated carbocycles. The van der Waals surface area contributed by atoms with E-state index in [4.69, 9.17) is 4.74 Å². The summed E-state index contributed by atoms with van der Waals surface area (Å²) in [6.45, 7) is 5.01. The van der Waals surface area contributed by atoms with Gasteiger partial charge in [-0.15, -0.1) is 0 Å². The van der Waals surface area contributed by atoms with Crippen molar-refractivity contribution < 1.29 is 19.7 Å². The number of nitrogens with zero attached hydrogens (tertiary/aromatic N) is 2. The molecule has 2 heterocycles. The molecule has 1 amide bonds. The van der Waals surface area contributed by atoms with Crippen molar-refractivity contribution in [2.45, 2.75) is 32.7 Å². The maximum absolute atomic E-state index is 13.2. The van der Waals surface area contributed by atoms with Gasteiger partial charge in [-0.3, -0.25) is 9.89 Å². The molecule has 0 bridgehead atoms. The zero-order chi connectivity index (χ0) is 22.0. The molecule has 2 aromatic carbocycles. The van der Waals surface area contributed by atoms with Crippen LogP contribution in [0.25, 0.3) is 11.3 Å². The highest BCUT2D eigenvalue weighted by Crippen LogP contribution is 2.45. The van der Waals surface area contributed by atoms with Gasteiger partial charge in [0.15, 0.2) is 0 Å². The Hall–Kier alpha value is -3.32. The molecule has 0 saturated heterocycles. The second-order valence-corrected chi connectivity index (χ2v) is 7.78. The Morgan fingerprint density at radius 3 is 2.84 bits per heavy atom. The Balaban J connectivity index is 1.85. The minimum Gasteiger partial charge on any atom is -0.507 e. The van der Waals surface area contributed by atoms with Gasteiger partial charge in [0, 0.05) is 24.3 Å². The van der Waals surface area contributed by atoms with Crippen LogP contribution in [0.1, 0.15) is 53.0 Å². The van der Waals surface area contributed by atoms with E-state index in [-0.39, 0.29) is 18.3 Å². The number of aromatic hydroxyl groups is 1. The number of fused-ring (bicyclic) bond motifs is 1. The topological polar surface area (TPSA) is 98.7 Å². The quantitative estimate of drug-likeness (QED) is 0.514. The Bertz CT molecular complexity index is 1090. The number of carbonyl (C=O) groups is 1. The Labute approximate surface area is 181 Å². The summed E-state index contributed by atoms with van der Waals surface area (Å²) >= 11 is 0. The molecule has 1 atom stereocenters. The lowest BCUT2D eigenvalue weighted by molar-refractivity contribution is 0.0732. The molecule has 1 aliphatic heterocycles. The number of carbonyl (C=O) groups excluding carboxylic acids is 1. The molecular formula is C24H27N3O4. The van der Waals surface area contributed by atoms with E-state index in [2.05, 4.69) is 17.1 Å². The van der Waals surface area contributed by atoms with Gasteiger partial charge in [-0.25, -0.2) is 0 Å². The summed E-state index contributed by atoms with van der Waals surface area (Å²) in [5.74, 6) is 0.685. The number of hydrogen-bond donors (Lipinski definition) is 3. The summed E-state index contributed by atoms with van der Waals surface area (Å²) in [5.41, 5.74) is 4.17. The monoisotopic (exact) mass is 421 g/mol. The Morgan fingerprint density at radius 2 is 2.06 bits per heavy atom. The number of aromatic nitrogens is 2. The number of ether oxygens (including phenoxy) is 1. The molecule has 1 unspecified atom stereocenters. The molecule has 3 aromatic rings. The summed E-state index contributed by atoms with van der Waals surface area (Å²) in [6.07, 6.45) is 1.37. The molecule has 0 radical (unpaired) electrons. The fourth-order valence-electron chi connectivity index (χ4n) is 4.05. The first-order chi connectivity index (χ1) is 15.0. The minimum atomic E-state index is -0.395. The molecule has 7 heteroatoms. The van der Waals surface area contributed by atoms with E-state index in [1.54, 1.807) is 11.0 Å². The SMILES string of the molecule is CCCOc1cccc(C2c3c(-c4cc(C)ccc4O)n[nH]c3C(=O)N2CCCO)c1. The number of rotatable bonds is 8. The van der Waals surface area contributed by atoms with Gasteiger partial charge in [-0.2, -0.15) is 5.10 Å². The van der Waals surface area contributed by atoms with Crippen LogP contribution in [0.2, 0.25) is 0 Å². The Morgan fingerprint density at radius 1 is 1.23 bits per heavy atom. The van der Waals surface area contributed by atoms with Crippen molar-refractivity contribution in [1.29, 1.82) is 0 Å². The second-order valence-electron chi connectivity index (χ2n) is 7.78. The molecule has 0 fully saturated rings. The number of aromatic amines is 1. The molecule has 1 aromatic heterocycles. The molecule has 3 N–H and O–H groups in total. The number of aliphatic hydroxyl groups excluding tert-OH is 1. The van der Waals surface area contributed by atoms with Gasteiger partial charge < -0.3 is 19.8 Å². The van der Waals surface area contributed by atoms with E-state index in [0.717, 1.165) is 28.9 Å². The third-order valence-corrected chi connectivity index (χ3v) is 5.47. The van der Waals surface area contributed by atoms with Crippen LogP contribution in [-0.2, 0) is 0 Å². The zero-order valence-corrected chi connectivity index (χ0v) is 17.8. The largest absolute Gasteiger partial charge is 0.507 e. The zero-order valence-electron chi connectivity index (χ0n) is 17.8. The van der Waals surface area contributed by atoms with Crippen LogP contribution in [0.15, 0.2) is 42.5 Å². The molecular weight excluding hydrogens is 394 g/mol. The number of aliphatic hydroxyl groups is 1. The van der Waals surface area contributed by atoms with Gasteiger partial charge >= 0.3 is 0 Å². The first-order valence-electron chi connectivity index (χ1n) is 10.6. The van der Waals surface area contributed by atoms with Crippen molar-refractivity contribution in [3.8, 4) is 22.8 Å². The smallest absolute Gasteiger partial charge is 0.273 e. The van der Waals surface area contributed by atoms with Gasteiger partial charge in [0.05, 0.1) is 12.6 Å². The molecule has 162 valence electrons. The minimum absolute atomic E-state index is 0.00609. The highest BCUT2D eigenvalue weighted by Gasteiger charge is 2.42. The van der Waals surface area contributed by atoms with Gasteiger partial charge in [-0.1, -0.05) is 30.7 Å². The maximum atomic E-state index is 13.2. The number of nitrogens with one attached hydrogen (secondary N) is 1. The van der Waals surface area contributed by atoms with Crippen LogP contribution in [0.4, 0.5) is 0 Å². The number of benzene rings is 2. The number of H-pyrrole nitrogens is 1. The lowest BCUT2D eigenvalue weighted by Gasteiger charge is -2.26. The molecule has 31 heavy (non-hydrogen) atoms. The normalized spacial score (nSPS) is 15.4. The van der Waals surface area contributed by atoms with Gasteiger partial charge in [0.1, 0.15) is 22.9 Å². The molecule has 4 rings (SSSR count). The van der Waals surface area contributed by atoms with Crippen molar-refractivity contribution in [1.82, 2.24) is 15.1 Å². The van der Waals surface area contributed by atoms with E-state index < -0.39 is 6.04 Å². The van der Waals surface area contributed by atoms with Crippen LogP contribution in [0.5, 0.6) is 11.5 Å². The van der Waals surface area contributed by atoms with Crippen molar-refractivity contribution >= 4 is 5.91 Å². The number of hydrogen-bond acceptors (Lipinski definition) is 5. The summed E-state index contributed by atoms with van der Waals surface area (Å²) in [5, 5.41) is 27.2. The lowest BCUT2D eigenvalue weighted by atomic mass is 9.95. The predicted octanol–water partition coefficient (Wildman–Crippen LogP) is 3.81. The number of phenolic OH excluding ortho intramolecular Hbond substituents is 1. The second kappa shape index (κ2) is 8.81. The fourth-order valence-corrected chi connectivity index (χ4v) is 4.05. The third kappa shape index (κ3) is 3.88. The van der Waals surface area contributed by atoms with E-state index >= 15 is 0 Å². The average Bonchev–Trinajstić information content (AvgIpc) is 3.31. The fraction of sp³-hybridized carbons (Fsp3) is 0.333. The van der Waals surface area contributed by atoms with Crippen molar-refractivity contribution in [3.63, 3.8) is 0 Å². The van der Waals surface area contributed by atoms with E-state index in [1.807, 2.05) is 43.3 Å². The van der Waals surface area contributed by atoms with Crippen LogP contribution in [0.3, 0.4) is 0 Å². The summed E-state index contributed by atoms with van der Waals surface area (Å²) in [7, 11) is 0. The van der Waals surface area contributed by atoms with Gasteiger partial charge in [0.25, 0.3) is 5.91 Å². The highest BCUT2D eigenvalue weighted by atomic mass is 16.5. The first kappa shape index (κ1) is 20.9. The summed E-state index contributed by atoms with van der Waals surface area (Å²) in [6, 6.07) is 12.7. The third-order valence-electron chi connectivity index (χ3n) is 5.47. The van der Waals surface area contributed by atoms with Crippen molar-refractivity contribution in [2.24, 2.45) is 0 Å². The van der Waals surface area contributed by atoms with Crippen molar-refractivity contribution in [2.75, 3.05) is 19.8 Å². The van der Waals surface area contributed by atoms with Gasteiger partial charge in [-0.05, 0) is 49.6 Å². The van der Waals surface area contributed by atoms with E-state index in [9.17, 15) is 15.0 Å². The maximum Gasteiger partial charge on any atom is 0.273 e. The molecule has 0 spiro atoms. The van der Waals surface area contributed by atoms with Gasteiger partial charge in [0.2, 0.25) is 0 Å². The van der Waals surface area contributed by atoms with Crippen LogP contribution < -0.4 is 4.74 Å². The van der Waals surface area contributed by atoms with Crippen LogP contribution in [0, 0.1) is 6.92 Å². The van der Waals surface area contributed by atoms with Crippen LogP contribution >= 0.6 is 0 Å². The predicted molar refractivity (Wildman–Crippen MR) is 117 cm³/mol. The van der Waals surface area contributed by atoms with Crippen molar-refractivity contribution in [3.05, 3.63) is 64.8 Å². The van der Waals surface area contributed by atoms with Crippen LogP contribution in [-0.4, -0.2) is 51.0 Å². The highest BCUT2D eigenvalue weighted by molar-refractivity contribution is 6.00. The molecule has 1 aliphatic rings. The standard InChI is InChI=1S/C24H27N3O4/c1-3-12-31-17-7-4-6-16(14-17)23-20-21(18-13-15(2)8-9-19(18)29)25-26-22(20)24(30)27(23)10-5-11-28/h4,6-9,13-14,23,28-29H,3,5,10-12H2,1-2H3,(H,25,26).